The van der Waals surface area contributed by atoms with E-state index in [9.17, 15) is 9.59 Å². The topological polar surface area (TPSA) is 135 Å². The van der Waals surface area contributed by atoms with Gasteiger partial charge in [-0.3, -0.25) is 9.59 Å². The number of aliphatic hydroxyl groups excluding tert-OH is 1. The monoisotopic (exact) mass is 577 g/mol. The molecule has 12 heteroatoms. The number of fused-ring (bicyclic) bond motifs is 1. The second-order valence-corrected chi connectivity index (χ2v) is 9.39. The molecule has 1 amide bonds. The summed E-state index contributed by atoms with van der Waals surface area (Å²) in [5.41, 5.74) is 0.721. The summed E-state index contributed by atoms with van der Waals surface area (Å²) < 4.78 is 45.2. The van der Waals surface area contributed by atoms with E-state index in [1.165, 1.54) is 6.26 Å². The molecular weight excluding hydrogens is 538 g/mol. The first-order chi connectivity index (χ1) is 20.2. The lowest BCUT2D eigenvalue weighted by Crippen LogP contribution is -2.40. The van der Waals surface area contributed by atoms with Gasteiger partial charge in [-0.1, -0.05) is 12.1 Å². The Kier molecular flexibility index (Phi) is 13.0. The first-order valence-electron chi connectivity index (χ1n) is 14.0. The summed E-state index contributed by atoms with van der Waals surface area (Å²) in [7, 11) is 0. The number of ether oxygens (including phenoxy) is 7. The van der Waals surface area contributed by atoms with E-state index in [0.717, 1.165) is 0 Å². The molecule has 226 valence electrons. The van der Waals surface area contributed by atoms with Gasteiger partial charge in [0.05, 0.1) is 90.9 Å². The molecule has 1 saturated heterocycles. The first kappa shape index (κ1) is 31.1. The maximum Gasteiger partial charge on any atom is 0.288 e. The third kappa shape index (κ3) is 9.60. The molecule has 1 aromatic carbocycles. The van der Waals surface area contributed by atoms with Gasteiger partial charge >= 0.3 is 0 Å². The maximum absolute atomic E-state index is 13.7. The summed E-state index contributed by atoms with van der Waals surface area (Å²) in [5.74, 6) is -0.786. The summed E-state index contributed by atoms with van der Waals surface area (Å²) in [4.78, 5) is 28.7. The Morgan fingerprint density at radius 2 is 1.56 bits per heavy atom. The fourth-order valence-corrected chi connectivity index (χ4v) is 4.46. The number of carbonyl (C=O) groups excluding carboxylic acids is 1. The zero-order valence-electron chi connectivity index (χ0n) is 23.2. The highest BCUT2D eigenvalue weighted by atomic mass is 16.7. The zero-order valence-corrected chi connectivity index (χ0v) is 23.2. The SMILES string of the molecule is O=C(C1=C[C@H](c2coc3ccccc3c2=O)C[C@H](OCCOCCO)O1)N1CCOCCOCCOCCOCC1. The average Bonchev–Trinajstić information content (AvgIpc) is 3.00. The quantitative estimate of drug-likeness (QED) is 0.457. The molecule has 0 radical (unpaired) electrons. The molecule has 1 aromatic heterocycles. The second kappa shape index (κ2) is 17.2. The Morgan fingerprint density at radius 3 is 2.24 bits per heavy atom. The van der Waals surface area contributed by atoms with Crippen LogP contribution in [0, 0.1) is 0 Å². The van der Waals surface area contributed by atoms with Gasteiger partial charge in [0.2, 0.25) is 6.29 Å². The van der Waals surface area contributed by atoms with Gasteiger partial charge in [-0.05, 0) is 18.2 Å². The number of hydrogen-bond donors (Lipinski definition) is 1. The highest BCUT2D eigenvalue weighted by Gasteiger charge is 2.32. The van der Waals surface area contributed by atoms with Crippen LogP contribution in [0.2, 0.25) is 0 Å². The lowest BCUT2D eigenvalue weighted by Gasteiger charge is -2.31. The van der Waals surface area contributed by atoms with Crippen LogP contribution in [0.5, 0.6) is 0 Å². The van der Waals surface area contributed by atoms with Crippen LogP contribution in [0.3, 0.4) is 0 Å². The number of benzene rings is 1. The van der Waals surface area contributed by atoms with Crippen LogP contribution in [-0.2, 0) is 38.0 Å². The minimum absolute atomic E-state index is 0.0691. The first-order valence-corrected chi connectivity index (χ1v) is 14.0. The van der Waals surface area contributed by atoms with E-state index in [0.29, 0.717) is 88.9 Å². The van der Waals surface area contributed by atoms with E-state index in [2.05, 4.69) is 0 Å². The number of para-hydroxylation sites is 1. The van der Waals surface area contributed by atoms with Gasteiger partial charge in [0.15, 0.2) is 11.2 Å². The van der Waals surface area contributed by atoms with Crippen LogP contribution >= 0.6 is 0 Å². The lowest BCUT2D eigenvalue weighted by molar-refractivity contribution is -0.157. The zero-order chi connectivity index (χ0) is 28.7. The van der Waals surface area contributed by atoms with Crippen molar-refractivity contribution in [2.75, 3.05) is 92.4 Å². The summed E-state index contributed by atoms with van der Waals surface area (Å²) in [6, 6.07) is 7.03. The van der Waals surface area contributed by atoms with Crippen LogP contribution < -0.4 is 5.43 Å². The molecule has 0 aliphatic carbocycles. The fraction of sp³-hybridized carbons (Fsp3) is 0.586. The molecular formula is C29H39NO11. The third-order valence-electron chi connectivity index (χ3n) is 6.56. The molecule has 2 aliphatic rings. The number of aliphatic hydroxyl groups is 1. The van der Waals surface area contributed by atoms with Gasteiger partial charge in [0.25, 0.3) is 5.91 Å². The number of rotatable bonds is 8. The maximum atomic E-state index is 13.7. The van der Waals surface area contributed by atoms with Gasteiger partial charge in [-0.25, -0.2) is 0 Å². The molecule has 0 bridgehead atoms. The van der Waals surface area contributed by atoms with Crippen LogP contribution in [0.1, 0.15) is 17.9 Å². The molecule has 0 unspecified atom stereocenters. The van der Waals surface area contributed by atoms with Gasteiger partial charge in [0, 0.05) is 31.0 Å². The van der Waals surface area contributed by atoms with Crippen LogP contribution in [0.15, 0.2) is 51.6 Å². The molecule has 1 fully saturated rings. The Balaban J connectivity index is 1.52. The van der Waals surface area contributed by atoms with Gasteiger partial charge in [-0.2, -0.15) is 0 Å². The minimum atomic E-state index is -0.808. The summed E-state index contributed by atoms with van der Waals surface area (Å²) in [6.45, 7) is 4.35. The van der Waals surface area contributed by atoms with Crippen LogP contribution in [0.4, 0.5) is 0 Å². The summed E-state index contributed by atoms with van der Waals surface area (Å²) in [5, 5.41) is 9.39. The van der Waals surface area contributed by atoms with Crippen molar-refractivity contribution in [1.29, 1.82) is 0 Å². The molecule has 41 heavy (non-hydrogen) atoms. The number of nitrogens with zero attached hydrogens (tertiary/aromatic N) is 1. The predicted molar refractivity (Wildman–Crippen MR) is 147 cm³/mol. The predicted octanol–water partition coefficient (Wildman–Crippen LogP) is 1.44. The Bertz CT molecular complexity index is 1150. The van der Waals surface area contributed by atoms with E-state index in [-0.39, 0.29) is 43.5 Å². The largest absolute Gasteiger partial charge is 0.464 e. The summed E-state index contributed by atoms with van der Waals surface area (Å²) >= 11 is 0. The van der Waals surface area contributed by atoms with Crippen molar-refractivity contribution in [2.24, 2.45) is 0 Å². The van der Waals surface area contributed by atoms with Crippen molar-refractivity contribution in [1.82, 2.24) is 4.90 Å². The van der Waals surface area contributed by atoms with Gasteiger partial charge in [-0.15, -0.1) is 0 Å². The van der Waals surface area contributed by atoms with Gasteiger partial charge < -0.3 is 47.6 Å². The standard InChI is InChI=1S/C29H39NO11/c31-7-10-36-17-18-39-27-20-22(24-21-40-25-4-2-1-3-23(25)28(24)32)19-26(41-27)29(33)30-5-8-34-11-13-37-15-16-38-14-12-35-9-6-30/h1-4,19,21-22,27,31H,5-18,20H2/t22-,27+/m0/s1. The van der Waals surface area contributed by atoms with E-state index < -0.39 is 12.2 Å². The van der Waals surface area contributed by atoms with E-state index >= 15 is 0 Å². The fourth-order valence-electron chi connectivity index (χ4n) is 4.46. The van der Waals surface area contributed by atoms with Crippen molar-refractivity contribution in [3.63, 3.8) is 0 Å². The Hall–Kier alpha value is -2.84. The number of carbonyl (C=O) groups is 1. The molecule has 0 spiro atoms. The molecule has 2 aliphatic heterocycles. The molecule has 2 aromatic rings. The molecule has 4 rings (SSSR count). The normalized spacial score (nSPS) is 21.9. The lowest BCUT2D eigenvalue weighted by atomic mass is 9.93. The smallest absolute Gasteiger partial charge is 0.288 e. The van der Waals surface area contributed by atoms with E-state index in [4.69, 9.17) is 42.7 Å². The van der Waals surface area contributed by atoms with Crippen molar-refractivity contribution in [2.45, 2.75) is 18.6 Å². The number of hydrogen-bond acceptors (Lipinski definition) is 11. The van der Waals surface area contributed by atoms with Gasteiger partial charge in [0.1, 0.15) is 5.58 Å². The highest BCUT2D eigenvalue weighted by Crippen LogP contribution is 2.31. The van der Waals surface area contributed by atoms with E-state index in [1.807, 2.05) is 0 Å². The Labute approximate surface area is 238 Å². The van der Waals surface area contributed by atoms with E-state index in [1.54, 1.807) is 35.2 Å². The summed E-state index contributed by atoms with van der Waals surface area (Å²) in [6.07, 6.45) is 2.59. The number of allylic oxidation sites excluding steroid dienone is 1. The molecule has 0 saturated carbocycles. The van der Waals surface area contributed by atoms with Crippen molar-refractivity contribution >= 4 is 16.9 Å². The molecule has 2 atom stereocenters. The average molecular weight is 578 g/mol. The van der Waals surface area contributed by atoms with Crippen molar-refractivity contribution in [3.05, 3.63) is 58.2 Å². The molecule has 1 N–H and O–H groups in total. The third-order valence-corrected chi connectivity index (χ3v) is 6.56. The molecule has 12 nitrogen and oxygen atoms in total. The van der Waals surface area contributed by atoms with Crippen LogP contribution in [-0.4, -0.2) is 115 Å². The van der Waals surface area contributed by atoms with Crippen molar-refractivity contribution < 1.29 is 47.5 Å². The van der Waals surface area contributed by atoms with Crippen LogP contribution in [0.25, 0.3) is 11.0 Å². The Morgan fingerprint density at radius 1 is 0.902 bits per heavy atom. The highest BCUT2D eigenvalue weighted by molar-refractivity contribution is 5.92. The minimum Gasteiger partial charge on any atom is -0.464 e. The number of amides is 1. The van der Waals surface area contributed by atoms with Crippen molar-refractivity contribution in [3.8, 4) is 0 Å². The second-order valence-electron chi connectivity index (χ2n) is 9.39. The molecule has 3 heterocycles.